The minimum atomic E-state index is 0.0366. The van der Waals surface area contributed by atoms with Gasteiger partial charge in [0.25, 0.3) is 5.91 Å². The number of pyridine rings is 1. The third-order valence-corrected chi connectivity index (χ3v) is 7.18. The summed E-state index contributed by atoms with van der Waals surface area (Å²) < 4.78 is 18.6. The van der Waals surface area contributed by atoms with Crippen LogP contribution in [-0.2, 0) is 11.3 Å². The number of benzene rings is 1. The maximum atomic E-state index is 12.8. The van der Waals surface area contributed by atoms with Crippen LogP contribution in [0.3, 0.4) is 0 Å². The van der Waals surface area contributed by atoms with Crippen LogP contribution in [0.15, 0.2) is 60.9 Å². The molecule has 5 aromatic rings. The smallest absolute Gasteiger partial charge is 0.264 e. The number of rotatable bonds is 6. The SMILES string of the molecule is COc1ccc2c(OCc3cnc4ccc(-c5ccc(C(=O)N6CCOCC6)s5)nn34)ccnc2c1. The Balaban J connectivity index is 1.24. The van der Waals surface area contributed by atoms with E-state index in [9.17, 15) is 4.79 Å². The number of methoxy groups -OCH3 is 1. The zero-order chi connectivity index (χ0) is 24.5. The van der Waals surface area contributed by atoms with E-state index in [0.717, 1.165) is 44.3 Å². The topological polar surface area (TPSA) is 91.1 Å². The van der Waals surface area contributed by atoms with Gasteiger partial charge in [-0.2, -0.15) is 5.10 Å². The number of morpholine rings is 1. The van der Waals surface area contributed by atoms with Crippen LogP contribution < -0.4 is 9.47 Å². The number of hydrogen-bond acceptors (Lipinski definition) is 8. The van der Waals surface area contributed by atoms with Crippen LogP contribution in [0, 0.1) is 0 Å². The largest absolute Gasteiger partial charge is 0.497 e. The lowest BCUT2D eigenvalue weighted by molar-refractivity contribution is 0.0306. The van der Waals surface area contributed by atoms with Gasteiger partial charge in [0.2, 0.25) is 0 Å². The Morgan fingerprint density at radius 2 is 1.97 bits per heavy atom. The molecule has 1 aliphatic heterocycles. The number of carbonyl (C=O) groups is 1. The molecule has 0 radical (unpaired) electrons. The number of fused-ring (bicyclic) bond motifs is 2. The van der Waals surface area contributed by atoms with Gasteiger partial charge in [0, 0.05) is 30.7 Å². The van der Waals surface area contributed by atoms with Crippen LogP contribution in [0.5, 0.6) is 11.5 Å². The molecule has 0 aliphatic carbocycles. The van der Waals surface area contributed by atoms with Gasteiger partial charge in [-0.1, -0.05) is 0 Å². The molecule has 9 nitrogen and oxygen atoms in total. The average molecular weight is 502 g/mol. The van der Waals surface area contributed by atoms with E-state index in [1.807, 2.05) is 53.4 Å². The molecule has 1 fully saturated rings. The number of aromatic nitrogens is 4. The molecule has 0 saturated carbocycles. The standard InChI is InChI=1S/C26H23N5O4S/c1-33-18-2-3-19-21(14-18)27-9-8-22(19)35-16-17-15-28-25-7-4-20(29-31(17)25)23-5-6-24(36-23)26(32)30-10-12-34-13-11-30/h2-9,14-15H,10-13,16H2,1H3. The summed E-state index contributed by atoms with van der Waals surface area (Å²) in [5.41, 5.74) is 3.11. The van der Waals surface area contributed by atoms with E-state index >= 15 is 0 Å². The quantitative estimate of drug-likeness (QED) is 0.346. The summed E-state index contributed by atoms with van der Waals surface area (Å²) in [7, 11) is 1.63. The average Bonchev–Trinajstić information content (AvgIpc) is 3.59. The minimum Gasteiger partial charge on any atom is -0.497 e. The number of ether oxygens (including phenoxy) is 3. The van der Waals surface area contributed by atoms with Gasteiger partial charge in [0.05, 0.1) is 41.8 Å². The Hall–Kier alpha value is -4.02. The molecule has 1 aliphatic rings. The fourth-order valence-electron chi connectivity index (χ4n) is 4.17. The lowest BCUT2D eigenvalue weighted by Crippen LogP contribution is -2.40. The molecule has 1 saturated heterocycles. The second-order valence-electron chi connectivity index (χ2n) is 8.29. The maximum Gasteiger partial charge on any atom is 0.264 e. The van der Waals surface area contributed by atoms with Crippen LogP contribution >= 0.6 is 11.3 Å². The highest BCUT2D eigenvalue weighted by Gasteiger charge is 2.21. The minimum absolute atomic E-state index is 0.0366. The molecule has 36 heavy (non-hydrogen) atoms. The van der Waals surface area contributed by atoms with Crippen molar-refractivity contribution in [3.8, 4) is 22.1 Å². The normalized spacial score (nSPS) is 13.9. The summed E-state index contributed by atoms with van der Waals surface area (Å²) in [6.45, 7) is 2.69. The molecule has 0 bridgehead atoms. The summed E-state index contributed by atoms with van der Waals surface area (Å²) in [6, 6.07) is 15.2. The van der Waals surface area contributed by atoms with Crippen molar-refractivity contribution in [3.05, 3.63) is 71.5 Å². The highest BCUT2D eigenvalue weighted by Crippen LogP contribution is 2.29. The molecule has 4 aromatic heterocycles. The van der Waals surface area contributed by atoms with Crippen LogP contribution in [0.25, 0.3) is 27.1 Å². The fourth-order valence-corrected chi connectivity index (χ4v) is 5.11. The first kappa shape index (κ1) is 22.4. The summed E-state index contributed by atoms with van der Waals surface area (Å²) in [6.07, 6.45) is 3.48. The summed E-state index contributed by atoms with van der Waals surface area (Å²) in [4.78, 5) is 25.2. The summed E-state index contributed by atoms with van der Waals surface area (Å²) >= 11 is 1.44. The number of carbonyl (C=O) groups excluding carboxylic acids is 1. The summed E-state index contributed by atoms with van der Waals surface area (Å²) in [5.74, 6) is 1.50. The van der Waals surface area contributed by atoms with E-state index in [-0.39, 0.29) is 12.5 Å². The third-order valence-electron chi connectivity index (χ3n) is 6.09. The van der Waals surface area contributed by atoms with E-state index in [0.29, 0.717) is 31.2 Å². The number of hydrogen-bond donors (Lipinski definition) is 0. The molecule has 182 valence electrons. The van der Waals surface area contributed by atoms with Crippen LogP contribution in [0.2, 0.25) is 0 Å². The van der Waals surface area contributed by atoms with Crippen LogP contribution in [0.1, 0.15) is 15.4 Å². The molecule has 5 heterocycles. The van der Waals surface area contributed by atoms with Crippen LogP contribution in [0.4, 0.5) is 0 Å². The first-order chi connectivity index (χ1) is 17.7. The van der Waals surface area contributed by atoms with Gasteiger partial charge >= 0.3 is 0 Å². The van der Waals surface area contributed by atoms with Crippen molar-refractivity contribution in [3.63, 3.8) is 0 Å². The Labute approximate surface area is 210 Å². The molecule has 0 atom stereocenters. The van der Waals surface area contributed by atoms with Crippen molar-refractivity contribution in [2.75, 3.05) is 33.4 Å². The van der Waals surface area contributed by atoms with Gasteiger partial charge in [0.15, 0.2) is 5.65 Å². The predicted octanol–water partition coefficient (Wildman–Crippen LogP) is 4.07. The van der Waals surface area contributed by atoms with Crippen molar-refractivity contribution >= 4 is 33.8 Å². The predicted molar refractivity (Wildman–Crippen MR) is 136 cm³/mol. The lowest BCUT2D eigenvalue weighted by Gasteiger charge is -2.26. The lowest BCUT2D eigenvalue weighted by atomic mass is 10.2. The van der Waals surface area contributed by atoms with Gasteiger partial charge in [-0.15, -0.1) is 11.3 Å². The Morgan fingerprint density at radius 1 is 1.08 bits per heavy atom. The van der Waals surface area contributed by atoms with Gasteiger partial charge in [-0.25, -0.2) is 9.50 Å². The van der Waals surface area contributed by atoms with Gasteiger partial charge in [-0.05, 0) is 42.5 Å². The highest BCUT2D eigenvalue weighted by molar-refractivity contribution is 7.17. The van der Waals surface area contributed by atoms with E-state index < -0.39 is 0 Å². The molecule has 6 rings (SSSR count). The van der Waals surface area contributed by atoms with E-state index in [4.69, 9.17) is 19.3 Å². The number of nitrogens with zero attached hydrogens (tertiary/aromatic N) is 5. The van der Waals surface area contributed by atoms with E-state index in [2.05, 4.69) is 9.97 Å². The fraction of sp³-hybridized carbons (Fsp3) is 0.231. The van der Waals surface area contributed by atoms with Gasteiger partial charge < -0.3 is 19.1 Å². The molecule has 10 heteroatoms. The van der Waals surface area contributed by atoms with Crippen molar-refractivity contribution in [2.45, 2.75) is 6.61 Å². The van der Waals surface area contributed by atoms with Crippen LogP contribution in [-0.4, -0.2) is 63.8 Å². The van der Waals surface area contributed by atoms with Gasteiger partial charge in [-0.3, -0.25) is 9.78 Å². The Kier molecular flexibility index (Phi) is 5.96. The van der Waals surface area contributed by atoms with Gasteiger partial charge in [0.1, 0.15) is 29.5 Å². The summed E-state index contributed by atoms with van der Waals surface area (Å²) in [5, 5.41) is 5.70. The third kappa shape index (κ3) is 4.25. The zero-order valence-corrected chi connectivity index (χ0v) is 20.4. The number of amides is 1. The van der Waals surface area contributed by atoms with Crippen molar-refractivity contribution in [1.29, 1.82) is 0 Å². The molecular formula is C26H23N5O4S. The van der Waals surface area contributed by atoms with Crippen molar-refractivity contribution in [1.82, 2.24) is 24.5 Å². The van der Waals surface area contributed by atoms with E-state index in [1.165, 1.54) is 11.3 Å². The van der Waals surface area contributed by atoms with Crippen molar-refractivity contribution in [2.24, 2.45) is 0 Å². The second-order valence-corrected chi connectivity index (χ2v) is 9.37. The molecule has 0 N–H and O–H groups in total. The molecule has 0 unspecified atom stereocenters. The maximum absolute atomic E-state index is 12.8. The highest BCUT2D eigenvalue weighted by atomic mass is 32.1. The molecule has 0 spiro atoms. The Morgan fingerprint density at radius 3 is 2.83 bits per heavy atom. The molecule has 1 aromatic carbocycles. The molecular weight excluding hydrogens is 478 g/mol. The Bertz CT molecular complexity index is 1560. The number of thiophene rings is 1. The number of imidazole rings is 1. The second kappa shape index (κ2) is 9.56. The monoisotopic (exact) mass is 501 g/mol. The van der Waals surface area contributed by atoms with E-state index in [1.54, 1.807) is 24.0 Å². The van der Waals surface area contributed by atoms with Crippen molar-refractivity contribution < 1.29 is 19.0 Å². The zero-order valence-electron chi connectivity index (χ0n) is 19.6. The first-order valence-corrected chi connectivity index (χ1v) is 12.4. The first-order valence-electron chi connectivity index (χ1n) is 11.6. The molecule has 1 amide bonds.